The zero-order valence-electron chi connectivity index (χ0n) is 21.0. The number of piperidine rings is 1. The number of benzene rings is 1. The summed E-state index contributed by atoms with van der Waals surface area (Å²) in [5.41, 5.74) is 5.88. The number of hydrogen-bond acceptors (Lipinski definition) is 6. The molecule has 4 aromatic heterocycles. The van der Waals surface area contributed by atoms with Crippen LogP contribution in [0.4, 0.5) is 5.82 Å². The van der Waals surface area contributed by atoms with Gasteiger partial charge in [-0.05, 0) is 36.4 Å². The molecule has 0 bridgehead atoms. The van der Waals surface area contributed by atoms with Gasteiger partial charge in [-0.2, -0.15) is 15.5 Å². The third-order valence-electron chi connectivity index (χ3n) is 6.90. The Labute approximate surface area is 220 Å². The van der Waals surface area contributed by atoms with Crippen molar-refractivity contribution in [1.82, 2.24) is 24.4 Å². The average Bonchev–Trinajstić information content (AvgIpc) is 3.59. The lowest BCUT2D eigenvalue weighted by molar-refractivity contribution is 0.170. The van der Waals surface area contributed by atoms with Crippen molar-refractivity contribution in [3.05, 3.63) is 84.6 Å². The highest BCUT2D eigenvalue weighted by Gasteiger charge is 2.22. The second kappa shape index (κ2) is 9.76. The number of aromatic nitrogens is 5. The molecule has 1 fully saturated rings. The van der Waals surface area contributed by atoms with Crippen LogP contribution in [0, 0.1) is 23.7 Å². The van der Waals surface area contributed by atoms with E-state index in [1.54, 1.807) is 15.4 Å². The van der Waals surface area contributed by atoms with Crippen molar-refractivity contribution in [2.24, 2.45) is 7.05 Å². The van der Waals surface area contributed by atoms with Crippen LogP contribution in [0.1, 0.15) is 24.0 Å². The van der Waals surface area contributed by atoms with E-state index in [9.17, 15) is 5.26 Å². The summed E-state index contributed by atoms with van der Waals surface area (Å²) >= 11 is 0. The van der Waals surface area contributed by atoms with Gasteiger partial charge in [0.1, 0.15) is 23.7 Å². The van der Waals surface area contributed by atoms with Crippen LogP contribution in [-0.4, -0.2) is 43.6 Å². The Morgan fingerprint density at radius 3 is 2.55 bits per heavy atom. The first-order chi connectivity index (χ1) is 18.6. The number of fused-ring (bicyclic) bond motifs is 1. The van der Waals surface area contributed by atoms with Crippen molar-refractivity contribution < 1.29 is 4.74 Å². The fraction of sp³-hybridized carbons (Fsp3) is 0.200. The van der Waals surface area contributed by atoms with Crippen molar-refractivity contribution in [3.63, 3.8) is 0 Å². The number of aryl methyl sites for hydroxylation is 1. The molecule has 6 rings (SSSR count). The van der Waals surface area contributed by atoms with Gasteiger partial charge in [0.05, 0.1) is 23.5 Å². The molecule has 5 heterocycles. The zero-order chi connectivity index (χ0) is 26.1. The Balaban J connectivity index is 1.22. The van der Waals surface area contributed by atoms with Gasteiger partial charge in [0.25, 0.3) is 0 Å². The average molecular weight is 500 g/mol. The number of nitriles is 1. The van der Waals surface area contributed by atoms with E-state index < -0.39 is 0 Å². The molecule has 0 aliphatic carbocycles. The van der Waals surface area contributed by atoms with Gasteiger partial charge in [-0.3, -0.25) is 4.68 Å². The fourth-order valence-corrected chi connectivity index (χ4v) is 4.94. The summed E-state index contributed by atoms with van der Waals surface area (Å²) in [6.45, 7) is 1.71. The highest BCUT2D eigenvalue weighted by Crippen LogP contribution is 2.32. The number of hydrogen-bond donors (Lipinski definition) is 0. The van der Waals surface area contributed by atoms with Crippen LogP contribution < -0.4 is 9.64 Å². The van der Waals surface area contributed by atoms with Crippen molar-refractivity contribution in [2.75, 3.05) is 18.0 Å². The minimum atomic E-state index is 0.147. The zero-order valence-corrected chi connectivity index (χ0v) is 21.0. The molecule has 5 aromatic rings. The van der Waals surface area contributed by atoms with Crippen LogP contribution in [0.5, 0.6) is 5.75 Å². The second-order valence-corrected chi connectivity index (χ2v) is 9.39. The summed E-state index contributed by atoms with van der Waals surface area (Å²) in [5.74, 6) is 4.40. The van der Waals surface area contributed by atoms with Gasteiger partial charge < -0.3 is 9.64 Å². The molecule has 1 aliphatic heterocycles. The molecular weight excluding hydrogens is 474 g/mol. The Bertz CT molecular complexity index is 1690. The molecule has 0 unspecified atom stereocenters. The molecule has 1 aliphatic rings. The number of rotatable bonds is 5. The summed E-state index contributed by atoms with van der Waals surface area (Å²) in [6.07, 6.45) is 16.6. The van der Waals surface area contributed by atoms with E-state index in [-0.39, 0.29) is 6.10 Å². The van der Waals surface area contributed by atoms with Gasteiger partial charge in [0, 0.05) is 79.4 Å². The first-order valence-corrected chi connectivity index (χ1v) is 12.5. The molecular formula is C30H25N7O. The quantitative estimate of drug-likeness (QED) is 0.326. The lowest BCUT2D eigenvalue weighted by Crippen LogP contribution is -2.38. The van der Waals surface area contributed by atoms with Gasteiger partial charge >= 0.3 is 0 Å². The molecule has 1 saturated heterocycles. The number of nitrogens with zero attached hydrogens (tertiary/aromatic N) is 7. The molecule has 1 aromatic carbocycles. The third kappa shape index (κ3) is 4.44. The van der Waals surface area contributed by atoms with Gasteiger partial charge in [-0.1, -0.05) is 12.0 Å². The highest BCUT2D eigenvalue weighted by molar-refractivity contribution is 5.87. The van der Waals surface area contributed by atoms with E-state index in [1.807, 2.05) is 62.2 Å². The predicted octanol–water partition coefficient (Wildman–Crippen LogP) is 4.70. The van der Waals surface area contributed by atoms with Crippen LogP contribution in [0.15, 0.2) is 73.4 Å². The maximum Gasteiger partial charge on any atom is 0.128 e. The standard InChI is InChI=1S/C30H25N7O/c1-3-21-5-4-6-27(13-21)38-26-9-11-36(12-10-26)29-8-7-22(16-32-29)28-14-23(25-18-33-35(2)19-25)20-37-30(28)24(15-31)17-34-37/h1,4-8,13-14,16-20,26H,9-12H2,2H3. The normalized spacial score (nSPS) is 13.8. The number of ether oxygens (including phenoxy) is 1. The predicted molar refractivity (Wildman–Crippen MR) is 146 cm³/mol. The molecule has 38 heavy (non-hydrogen) atoms. The lowest BCUT2D eigenvalue weighted by atomic mass is 10.0. The van der Waals surface area contributed by atoms with Crippen LogP contribution in [0.3, 0.4) is 0 Å². The Kier molecular flexibility index (Phi) is 5.99. The molecule has 0 radical (unpaired) electrons. The van der Waals surface area contributed by atoms with Crippen molar-refractivity contribution in [2.45, 2.75) is 18.9 Å². The first kappa shape index (κ1) is 23.3. The monoisotopic (exact) mass is 499 g/mol. The molecule has 0 atom stereocenters. The Hall–Kier alpha value is -5.08. The van der Waals surface area contributed by atoms with Gasteiger partial charge in [0.2, 0.25) is 0 Å². The molecule has 186 valence electrons. The third-order valence-corrected chi connectivity index (χ3v) is 6.90. The summed E-state index contributed by atoms with van der Waals surface area (Å²) in [7, 11) is 1.89. The van der Waals surface area contributed by atoms with Crippen LogP contribution >= 0.6 is 0 Å². The van der Waals surface area contributed by atoms with E-state index in [0.717, 1.165) is 70.8 Å². The molecule has 8 heteroatoms. The van der Waals surface area contributed by atoms with E-state index >= 15 is 0 Å². The second-order valence-electron chi connectivity index (χ2n) is 9.39. The maximum absolute atomic E-state index is 9.68. The number of terminal acetylenes is 1. The van der Waals surface area contributed by atoms with E-state index in [0.29, 0.717) is 5.56 Å². The van der Waals surface area contributed by atoms with Crippen molar-refractivity contribution in [1.29, 1.82) is 5.26 Å². The minimum Gasteiger partial charge on any atom is -0.490 e. The van der Waals surface area contributed by atoms with Crippen LogP contribution in [0.25, 0.3) is 27.8 Å². The highest BCUT2D eigenvalue weighted by atomic mass is 16.5. The van der Waals surface area contributed by atoms with E-state index in [1.165, 1.54) is 0 Å². The smallest absolute Gasteiger partial charge is 0.128 e. The number of anilines is 1. The topological polar surface area (TPSA) is 84.3 Å². The summed E-state index contributed by atoms with van der Waals surface area (Å²) in [4.78, 5) is 7.08. The maximum atomic E-state index is 9.68. The molecule has 8 nitrogen and oxygen atoms in total. The Morgan fingerprint density at radius 2 is 1.84 bits per heavy atom. The summed E-state index contributed by atoms with van der Waals surface area (Å²) < 4.78 is 9.70. The molecule has 0 N–H and O–H groups in total. The van der Waals surface area contributed by atoms with Gasteiger partial charge in [-0.15, -0.1) is 6.42 Å². The number of pyridine rings is 2. The van der Waals surface area contributed by atoms with E-state index in [4.69, 9.17) is 16.1 Å². The fourth-order valence-electron chi connectivity index (χ4n) is 4.94. The molecule has 0 spiro atoms. The van der Waals surface area contributed by atoms with Gasteiger partial charge in [-0.25, -0.2) is 9.50 Å². The van der Waals surface area contributed by atoms with Crippen molar-refractivity contribution >= 4 is 11.3 Å². The first-order valence-electron chi connectivity index (χ1n) is 12.5. The molecule has 0 amide bonds. The molecule has 0 saturated carbocycles. The Morgan fingerprint density at radius 1 is 0.974 bits per heavy atom. The lowest BCUT2D eigenvalue weighted by Gasteiger charge is -2.33. The van der Waals surface area contributed by atoms with E-state index in [2.05, 4.69) is 39.2 Å². The SMILES string of the molecule is C#Cc1cccc(OC2CCN(c3ccc(-c4cc(-c5cnn(C)c5)cn5ncc(C#N)c45)cn3)CC2)c1. The summed E-state index contributed by atoms with van der Waals surface area (Å²) in [6, 6.07) is 16.1. The summed E-state index contributed by atoms with van der Waals surface area (Å²) in [5, 5.41) is 18.4. The van der Waals surface area contributed by atoms with Crippen LogP contribution in [-0.2, 0) is 7.05 Å². The van der Waals surface area contributed by atoms with Crippen molar-refractivity contribution in [3.8, 4) is 46.4 Å². The van der Waals surface area contributed by atoms with Crippen LogP contribution in [0.2, 0.25) is 0 Å². The van der Waals surface area contributed by atoms with Gasteiger partial charge in [0.15, 0.2) is 0 Å². The largest absolute Gasteiger partial charge is 0.490 e. The minimum absolute atomic E-state index is 0.147.